The van der Waals surface area contributed by atoms with Gasteiger partial charge in [-0.25, -0.2) is 9.37 Å². The molecule has 0 spiro atoms. The first kappa shape index (κ1) is 30.8. The molecule has 3 N–H and O–H groups in total. The number of aromatic nitrogens is 2. The third-order valence-electron chi connectivity index (χ3n) is 6.70. The summed E-state index contributed by atoms with van der Waals surface area (Å²) in [7, 11) is 6.79. The van der Waals surface area contributed by atoms with Gasteiger partial charge >= 0.3 is 0 Å². The fourth-order valence-corrected chi connectivity index (χ4v) is 5.28. The van der Waals surface area contributed by atoms with E-state index in [2.05, 4.69) is 16.9 Å². The van der Waals surface area contributed by atoms with Crippen molar-refractivity contribution in [2.45, 2.75) is 13.0 Å². The number of nitrogens with two attached hydrogens (primary N) is 1. The van der Waals surface area contributed by atoms with Gasteiger partial charge < -0.3 is 30.0 Å². The van der Waals surface area contributed by atoms with Crippen molar-refractivity contribution in [3.63, 3.8) is 0 Å². The van der Waals surface area contributed by atoms with Crippen molar-refractivity contribution in [2.75, 3.05) is 40.2 Å². The largest absolute Gasteiger partial charge is 0.495 e. The standard InChI is InChI=1S/C30H30Cl2FN5O4/c1-16(29(34)39)18-8-6-9-20(33)28(18)36-24-13-21-17(15-35-24)12-19(30(40)38(21)11-7-10-37(2)3)25-26(31)22(41-4)14-23(42-5)27(25)32/h6,8-9,12-15H,1,7,10-11H2,2-5H3,(H2,34,39)(H,35,36). The van der Waals surface area contributed by atoms with E-state index >= 15 is 0 Å². The zero-order valence-corrected chi connectivity index (χ0v) is 25.1. The van der Waals surface area contributed by atoms with Gasteiger partial charge in [-0.15, -0.1) is 0 Å². The van der Waals surface area contributed by atoms with Gasteiger partial charge in [-0.1, -0.05) is 41.9 Å². The number of anilines is 2. The molecule has 0 aliphatic rings. The first-order valence-corrected chi connectivity index (χ1v) is 13.6. The second-order valence-corrected chi connectivity index (χ2v) is 10.5. The molecule has 0 bridgehead atoms. The van der Waals surface area contributed by atoms with Crippen LogP contribution in [0.4, 0.5) is 15.9 Å². The topological polar surface area (TPSA) is 112 Å². The quantitative estimate of drug-likeness (QED) is 0.208. The summed E-state index contributed by atoms with van der Waals surface area (Å²) >= 11 is 13.3. The second kappa shape index (κ2) is 12.8. The molecule has 2 aromatic carbocycles. The molecule has 42 heavy (non-hydrogen) atoms. The molecule has 9 nitrogen and oxygen atoms in total. The second-order valence-electron chi connectivity index (χ2n) is 9.71. The van der Waals surface area contributed by atoms with Crippen molar-refractivity contribution < 1.29 is 18.7 Å². The molecule has 12 heteroatoms. The number of nitrogens with zero attached hydrogens (tertiary/aromatic N) is 3. The predicted octanol–water partition coefficient (Wildman–Crippen LogP) is 5.72. The van der Waals surface area contributed by atoms with Gasteiger partial charge in [-0.05, 0) is 39.2 Å². The number of hydrogen-bond acceptors (Lipinski definition) is 7. The van der Waals surface area contributed by atoms with Crippen molar-refractivity contribution in [1.29, 1.82) is 0 Å². The van der Waals surface area contributed by atoms with Crippen LogP contribution in [0.2, 0.25) is 10.0 Å². The van der Waals surface area contributed by atoms with Gasteiger partial charge in [0.15, 0.2) is 0 Å². The van der Waals surface area contributed by atoms with Crippen LogP contribution in [0.5, 0.6) is 11.5 Å². The number of ether oxygens (including phenoxy) is 2. The van der Waals surface area contributed by atoms with E-state index in [9.17, 15) is 14.0 Å². The van der Waals surface area contributed by atoms with E-state index < -0.39 is 11.7 Å². The summed E-state index contributed by atoms with van der Waals surface area (Å²) < 4.78 is 27.3. The Morgan fingerprint density at radius 3 is 2.40 bits per heavy atom. The van der Waals surface area contributed by atoms with Crippen LogP contribution in [-0.2, 0) is 11.3 Å². The SMILES string of the molecule is C=C(C(N)=O)c1cccc(F)c1Nc1cc2c(cn1)cc(-c1c(Cl)c(OC)cc(OC)c1Cl)c(=O)n2CCCN(C)C. The molecule has 0 atom stereocenters. The van der Waals surface area contributed by atoms with Crippen LogP contribution in [0, 0.1) is 5.82 Å². The van der Waals surface area contributed by atoms with Crippen LogP contribution < -0.4 is 26.1 Å². The molecule has 2 aromatic heterocycles. The normalized spacial score (nSPS) is 11.1. The van der Waals surface area contributed by atoms with Gasteiger partial charge in [0.25, 0.3) is 5.56 Å². The van der Waals surface area contributed by atoms with E-state index in [0.29, 0.717) is 35.4 Å². The van der Waals surface area contributed by atoms with E-state index in [4.69, 9.17) is 38.4 Å². The maximum absolute atomic E-state index is 14.9. The molecule has 0 saturated carbocycles. The van der Waals surface area contributed by atoms with Crippen LogP contribution >= 0.6 is 23.2 Å². The first-order valence-electron chi connectivity index (χ1n) is 12.8. The number of carbonyl (C=O) groups is 1. The van der Waals surface area contributed by atoms with Crippen molar-refractivity contribution in [3.05, 3.63) is 81.0 Å². The lowest BCUT2D eigenvalue weighted by Gasteiger charge is -2.19. The van der Waals surface area contributed by atoms with Crippen LogP contribution in [-0.4, -0.2) is 55.2 Å². The Balaban J connectivity index is 1.93. The molecule has 0 aliphatic heterocycles. The number of aryl methyl sites for hydroxylation is 1. The Labute approximate surface area is 252 Å². The third kappa shape index (κ3) is 6.06. The highest BCUT2D eigenvalue weighted by atomic mass is 35.5. The molecular weight excluding hydrogens is 584 g/mol. The first-order chi connectivity index (χ1) is 20.0. The number of fused-ring (bicyclic) bond motifs is 1. The smallest absolute Gasteiger partial charge is 0.259 e. The number of para-hydroxylation sites is 1. The highest BCUT2D eigenvalue weighted by Gasteiger charge is 2.23. The lowest BCUT2D eigenvalue weighted by Crippen LogP contribution is -2.25. The van der Waals surface area contributed by atoms with Crippen molar-refractivity contribution in [1.82, 2.24) is 14.5 Å². The lowest BCUT2D eigenvalue weighted by molar-refractivity contribution is -0.112. The van der Waals surface area contributed by atoms with E-state index in [1.807, 2.05) is 19.0 Å². The molecule has 0 radical (unpaired) electrons. The summed E-state index contributed by atoms with van der Waals surface area (Å²) in [5.41, 5.74) is 6.19. The number of amides is 1. The van der Waals surface area contributed by atoms with Crippen molar-refractivity contribution >= 4 is 57.1 Å². The zero-order valence-electron chi connectivity index (χ0n) is 23.6. The molecule has 2 heterocycles. The number of benzene rings is 2. The number of nitrogens with one attached hydrogen (secondary N) is 1. The number of hydrogen-bond donors (Lipinski definition) is 2. The van der Waals surface area contributed by atoms with Crippen LogP contribution in [0.25, 0.3) is 27.6 Å². The van der Waals surface area contributed by atoms with Crippen molar-refractivity contribution in [3.8, 4) is 22.6 Å². The fraction of sp³-hybridized carbons (Fsp3) is 0.233. The molecule has 0 saturated heterocycles. The lowest BCUT2D eigenvalue weighted by atomic mass is 10.0. The van der Waals surface area contributed by atoms with Crippen LogP contribution in [0.1, 0.15) is 12.0 Å². The predicted molar refractivity (Wildman–Crippen MR) is 166 cm³/mol. The number of carbonyl (C=O) groups excluding carboxylic acids is 1. The molecule has 0 aliphatic carbocycles. The molecule has 0 fully saturated rings. The van der Waals surface area contributed by atoms with E-state index in [1.165, 1.54) is 32.4 Å². The number of rotatable bonds is 11. The summed E-state index contributed by atoms with van der Waals surface area (Å²) in [6.45, 7) is 4.75. The van der Waals surface area contributed by atoms with Gasteiger partial charge in [0.05, 0.1) is 41.0 Å². The number of pyridine rings is 2. The summed E-state index contributed by atoms with van der Waals surface area (Å²) in [4.78, 5) is 32.3. The van der Waals surface area contributed by atoms with Gasteiger partial charge in [0.2, 0.25) is 5.91 Å². The third-order valence-corrected chi connectivity index (χ3v) is 7.45. The molecule has 1 amide bonds. The Morgan fingerprint density at radius 2 is 1.81 bits per heavy atom. The van der Waals surface area contributed by atoms with Crippen molar-refractivity contribution in [2.24, 2.45) is 5.73 Å². The molecule has 4 aromatic rings. The maximum Gasteiger partial charge on any atom is 0.259 e. The monoisotopic (exact) mass is 613 g/mol. The summed E-state index contributed by atoms with van der Waals surface area (Å²) in [5, 5.41) is 3.85. The van der Waals surface area contributed by atoms with Crippen LogP contribution in [0.3, 0.4) is 0 Å². The van der Waals surface area contributed by atoms with Gasteiger partial charge in [-0.2, -0.15) is 0 Å². The van der Waals surface area contributed by atoms with E-state index in [1.54, 1.807) is 29.0 Å². The zero-order chi connectivity index (χ0) is 30.7. The van der Waals surface area contributed by atoms with Gasteiger partial charge in [-0.3, -0.25) is 9.59 Å². The number of primary amides is 1. The highest BCUT2D eigenvalue weighted by molar-refractivity contribution is 6.41. The molecule has 4 rings (SSSR count). The highest BCUT2D eigenvalue weighted by Crippen LogP contribution is 2.45. The van der Waals surface area contributed by atoms with Gasteiger partial charge in [0.1, 0.15) is 23.1 Å². The van der Waals surface area contributed by atoms with Gasteiger partial charge in [0, 0.05) is 47.0 Å². The fourth-order valence-electron chi connectivity index (χ4n) is 4.57. The number of halogens is 3. The molecule has 220 valence electrons. The minimum Gasteiger partial charge on any atom is -0.495 e. The van der Waals surface area contributed by atoms with Crippen LogP contribution in [0.15, 0.2) is 54.0 Å². The molecular formula is C30H30Cl2FN5O4. The Hall–Kier alpha value is -4.12. The summed E-state index contributed by atoms with van der Waals surface area (Å²) in [6.07, 6.45) is 2.20. The summed E-state index contributed by atoms with van der Waals surface area (Å²) in [5.74, 6) is -0.598. The molecule has 0 unspecified atom stereocenters. The Bertz CT molecular complexity index is 1730. The minimum atomic E-state index is -0.788. The Kier molecular flexibility index (Phi) is 9.40. The summed E-state index contributed by atoms with van der Waals surface area (Å²) in [6, 6.07) is 9.04. The average molecular weight is 615 g/mol. The van der Waals surface area contributed by atoms with E-state index in [-0.39, 0.29) is 49.4 Å². The minimum absolute atomic E-state index is 0.0201. The average Bonchev–Trinajstić information content (AvgIpc) is 2.95. The van der Waals surface area contributed by atoms with E-state index in [0.717, 1.165) is 6.54 Å². The Morgan fingerprint density at radius 1 is 1.14 bits per heavy atom. The maximum atomic E-state index is 14.9. The number of methoxy groups -OCH3 is 2.